The molecule has 2 rings (SSSR count). The highest BCUT2D eigenvalue weighted by Gasteiger charge is 2.42. The number of amides is 1. The van der Waals surface area contributed by atoms with Crippen LogP contribution >= 0.6 is 11.8 Å². The van der Waals surface area contributed by atoms with E-state index in [4.69, 9.17) is 16.2 Å². The third-order valence-electron chi connectivity index (χ3n) is 3.43. The van der Waals surface area contributed by atoms with Crippen molar-refractivity contribution < 1.29 is 9.53 Å². The molecule has 3 unspecified atom stereocenters. The summed E-state index contributed by atoms with van der Waals surface area (Å²) >= 11 is 1.92. The molecule has 0 aliphatic carbocycles. The van der Waals surface area contributed by atoms with E-state index in [1.54, 1.807) is 0 Å². The maximum absolute atomic E-state index is 11.1. The van der Waals surface area contributed by atoms with E-state index in [0.717, 1.165) is 30.8 Å². The number of carbonyl (C=O) groups is 1. The highest BCUT2D eigenvalue weighted by molar-refractivity contribution is 7.99. The number of ether oxygens (including phenoxy) is 1. The van der Waals surface area contributed by atoms with E-state index in [2.05, 4.69) is 0 Å². The Hall–Kier alpha value is -0.260. The van der Waals surface area contributed by atoms with Gasteiger partial charge in [0, 0.05) is 12.4 Å². The second-order valence-electron chi connectivity index (χ2n) is 4.52. The molecule has 1 spiro atoms. The Kier molecular flexibility index (Phi) is 3.23. The van der Waals surface area contributed by atoms with E-state index in [1.165, 1.54) is 0 Å². The summed E-state index contributed by atoms with van der Waals surface area (Å²) in [6.07, 6.45) is 2.83. The molecule has 0 aromatic carbocycles. The molecule has 0 saturated carbocycles. The SMILES string of the molecule is NC(=O)C(N)C1CCOC2(CCSC2)C1. The third kappa shape index (κ3) is 2.29. The maximum atomic E-state index is 11.1. The molecule has 2 aliphatic heterocycles. The summed E-state index contributed by atoms with van der Waals surface area (Å²) in [6.45, 7) is 0.714. The summed E-state index contributed by atoms with van der Waals surface area (Å²) in [4.78, 5) is 11.1. The molecule has 0 aromatic heterocycles. The zero-order valence-corrected chi connectivity index (χ0v) is 9.59. The normalized spacial score (nSPS) is 38.1. The van der Waals surface area contributed by atoms with Crippen LogP contribution in [0.15, 0.2) is 0 Å². The highest BCUT2D eigenvalue weighted by Crippen LogP contribution is 2.40. The van der Waals surface area contributed by atoms with Crippen LogP contribution in [-0.4, -0.2) is 35.7 Å². The molecule has 0 radical (unpaired) electrons. The van der Waals surface area contributed by atoms with Gasteiger partial charge in [0.15, 0.2) is 0 Å². The van der Waals surface area contributed by atoms with Crippen LogP contribution in [0.3, 0.4) is 0 Å². The first kappa shape index (κ1) is 11.2. The van der Waals surface area contributed by atoms with E-state index in [1.807, 2.05) is 11.8 Å². The Morgan fingerprint density at radius 2 is 2.40 bits per heavy atom. The van der Waals surface area contributed by atoms with Crippen LogP contribution in [0.4, 0.5) is 0 Å². The largest absolute Gasteiger partial charge is 0.374 e. The average molecular weight is 230 g/mol. The molecule has 2 aliphatic rings. The van der Waals surface area contributed by atoms with Crippen molar-refractivity contribution in [3.8, 4) is 0 Å². The quantitative estimate of drug-likeness (QED) is 0.705. The predicted octanol–water partition coefficient (Wildman–Crippen LogP) is 0.101. The molecule has 5 heteroatoms. The van der Waals surface area contributed by atoms with Crippen molar-refractivity contribution in [3.63, 3.8) is 0 Å². The van der Waals surface area contributed by atoms with Gasteiger partial charge in [-0.1, -0.05) is 0 Å². The van der Waals surface area contributed by atoms with Crippen molar-refractivity contribution in [2.45, 2.75) is 30.9 Å². The van der Waals surface area contributed by atoms with E-state index in [0.29, 0.717) is 6.61 Å². The number of rotatable bonds is 2. The predicted molar refractivity (Wildman–Crippen MR) is 60.5 cm³/mol. The molecule has 15 heavy (non-hydrogen) atoms. The number of hydrogen-bond acceptors (Lipinski definition) is 4. The minimum atomic E-state index is -0.503. The number of primary amides is 1. The van der Waals surface area contributed by atoms with Crippen LogP contribution in [0, 0.1) is 5.92 Å². The molecule has 2 saturated heterocycles. The highest BCUT2D eigenvalue weighted by atomic mass is 32.2. The van der Waals surface area contributed by atoms with Gasteiger partial charge in [0.2, 0.25) is 5.91 Å². The number of hydrogen-bond donors (Lipinski definition) is 2. The summed E-state index contributed by atoms with van der Waals surface area (Å²) < 4.78 is 5.86. The first-order valence-electron chi connectivity index (χ1n) is 5.40. The molecule has 0 bridgehead atoms. The summed E-state index contributed by atoms with van der Waals surface area (Å²) in [5.74, 6) is 2.01. The van der Waals surface area contributed by atoms with Gasteiger partial charge in [0.1, 0.15) is 0 Å². The molecule has 0 aromatic rings. The fourth-order valence-electron chi connectivity index (χ4n) is 2.47. The fraction of sp³-hybridized carbons (Fsp3) is 0.900. The zero-order valence-electron chi connectivity index (χ0n) is 8.78. The van der Waals surface area contributed by atoms with Gasteiger partial charge < -0.3 is 16.2 Å². The Morgan fingerprint density at radius 3 is 3.00 bits per heavy atom. The fourth-order valence-corrected chi connectivity index (χ4v) is 3.85. The molecule has 86 valence electrons. The Labute approximate surface area is 94.1 Å². The van der Waals surface area contributed by atoms with Gasteiger partial charge in [-0.3, -0.25) is 4.79 Å². The van der Waals surface area contributed by atoms with Gasteiger partial charge in [-0.15, -0.1) is 0 Å². The van der Waals surface area contributed by atoms with Crippen LogP contribution in [0.2, 0.25) is 0 Å². The summed E-state index contributed by atoms with van der Waals surface area (Å²) in [5, 5.41) is 0. The lowest BCUT2D eigenvalue weighted by Gasteiger charge is -2.39. The molecule has 2 fully saturated rings. The van der Waals surface area contributed by atoms with Crippen LogP contribution in [0.5, 0.6) is 0 Å². The molecular weight excluding hydrogens is 212 g/mol. The first-order valence-corrected chi connectivity index (χ1v) is 6.55. The molecule has 1 amide bonds. The van der Waals surface area contributed by atoms with Crippen LogP contribution in [-0.2, 0) is 9.53 Å². The van der Waals surface area contributed by atoms with Crippen LogP contribution < -0.4 is 11.5 Å². The van der Waals surface area contributed by atoms with E-state index < -0.39 is 6.04 Å². The maximum Gasteiger partial charge on any atom is 0.234 e. The van der Waals surface area contributed by atoms with Crippen LogP contribution in [0.25, 0.3) is 0 Å². The van der Waals surface area contributed by atoms with Crippen molar-refractivity contribution in [3.05, 3.63) is 0 Å². The first-order chi connectivity index (χ1) is 7.13. The van der Waals surface area contributed by atoms with Crippen molar-refractivity contribution in [2.24, 2.45) is 17.4 Å². The third-order valence-corrected chi connectivity index (χ3v) is 4.66. The van der Waals surface area contributed by atoms with Gasteiger partial charge in [-0.2, -0.15) is 11.8 Å². The monoisotopic (exact) mass is 230 g/mol. The Morgan fingerprint density at radius 1 is 1.60 bits per heavy atom. The average Bonchev–Trinajstić information content (AvgIpc) is 2.65. The van der Waals surface area contributed by atoms with Crippen LogP contribution in [0.1, 0.15) is 19.3 Å². The van der Waals surface area contributed by atoms with Crippen molar-refractivity contribution in [1.82, 2.24) is 0 Å². The molecular formula is C10H18N2O2S. The molecule has 2 heterocycles. The Bertz CT molecular complexity index is 254. The van der Waals surface area contributed by atoms with Gasteiger partial charge in [-0.05, 0) is 30.9 Å². The van der Waals surface area contributed by atoms with Gasteiger partial charge in [-0.25, -0.2) is 0 Å². The molecule has 3 atom stereocenters. The van der Waals surface area contributed by atoms with Crippen molar-refractivity contribution in [1.29, 1.82) is 0 Å². The van der Waals surface area contributed by atoms with Gasteiger partial charge in [0.25, 0.3) is 0 Å². The van der Waals surface area contributed by atoms with Gasteiger partial charge >= 0.3 is 0 Å². The molecule has 4 nitrogen and oxygen atoms in total. The minimum Gasteiger partial charge on any atom is -0.374 e. The van der Waals surface area contributed by atoms with E-state index in [9.17, 15) is 4.79 Å². The minimum absolute atomic E-state index is 0.0132. The van der Waals surface area contributed by atoms with Gasteiger partial charge in [0.05, 0.1) is 11.6 Å². The van der Waals surface area contributed by atoms with Crippen molar-refractivity contribution in [2.75, 3.05) is 18.1 Å². The summed E-state index contributed by atoms with van der Waals surface area (Å²) in [7, 11) is 0. The lowest BCUT2D eigenvalue weighted by atomic mass is 9.81. The second kappa shape index (κ2) is 4.31. The number of carbonyl (C=O) groups excluding carboxylic acids is 1. The smallest absolute Gasteiger partial charge is 0.234 e. The summed E-state index contributed by atoms with van der Waals surface area (Å²) in [6, 6.07) is -0.503. The zero-order chi connectivity index (χ0) is 10.9. The second-order valence-corrected chi connectivity index (χ2v) is 5.62. The lowest BCUT2D eigenvalue weighted by molar-refractivity contribution is -0.124. The topological polar surface area (TPSA) is 78.3 Å². The van der Waals surface area contributed by atoms with Crippen molar-refractivity contribution >= 4 is 17.7 Å². The Balaban J connectivity index is 2.00. The lowest BCUT2D eigenvalue weighted by Crippen LogP contribution is -2.50. The van der Waals surface area contributed by atoms with E-state index >= 15 is 0 Å². The molecule has 4 N–H and O–H groups in total. The van der Waals surface area contributed by atoms with E-state index in [-0.39, 0.29) is 17.4 Å². The number of nitrogens with two attached hydrogens (primary N) is 2. The number of thioether (sulfide) groups is 1. The summed E-state index contributed by atoms with van der Waals surface area (Å²) in [5.41, 5.74) is 11.0. The standard InChI is InChI=1S/C10H18N2O2S/c11-8(9(12)13)7-1-3-14-10(5-7)2-4-15-6-10/h7-8H,1-6,11H2,(H2,12,13).